The Balaban J connectivity index is 2.02. The lowest BCUT2D eigenvalue weighted by atomic mass is 10.0. The molecule has 0 aliphatic rings. The maximum atomic E-state index is 12.6. The van der Waals surface area contributed by atoms with Crippen LogP contribution in [0, 0.1) is 18.3 Å². The zero-order chi connectivity index (χ0) is 17.6. The van der Waals surface area contributed by atoms with Crippen molar-refractivity contribution in [2.75, 3.05) is 0 Å². The average Bonchev–Trinajstić information content (AvgIpc) is 2.62. The van der Waals surface area contributed by atoms with E-state index < -0.39 is 5.56 Å². The van der Waals surface area contributed by atoms with E-state index in [0.29, 0.717) is 33.2 Å². The normalized spacial score (nSPS) is 10.9. The van der Waals surface area contributed by atoms with Gasteiger partial charge in [-0.05, 0) is 42.8 Å². The molecule has 2 aromatic heterocycles. The Bertz CT molecular complexity index is 1310. The number of aryl methyl sites for hydroxylation is 1. The molecule has 2 aromatic carbocycles. The lowest BCUT2D eigenvalue weighted by Crippen LogP contribution is -2.12. The number of para-hydroxylation sites is 1. The summed E-state index contributed by atoms with van der Waals surface area (Å²) in [5, 5.41) is 10.1. The lowest BCUT2D eigenvalue weighted by Gasteiger charge is -2.08. The first kappa shape index (κ1) is 14.9. The minimum atomic E-state index is -0.415. The van der Waals surface area contributed by atoms with Crippen LogP contribution in [0.25, 0.3) is 33.1 Å². The van der Waals surface area contributed by atoms with Gasteiger partial charge in [-0.3, -0.25) is 9.59 Å². The smallest absolute Gasteiger partial charge is 0.266 e. The molecule has 0 spiro atoms. The third-order valence-corrected chi connectivity index (χ3v) is 4.25. The third-order valence-electron chi connectivity index (χ3n) is 4.25. The van der Waals surface area contributed by atoms with E-state index in [9.17, 15) is 9.59 Å². The molecule has 0 radical (unpaired) electrons. The van der Waals surface area contributed by atoms with Crippen molar-refractivity contribution in [3.63, 3.8) is 0 Å². The van der Waals surface area contributed by atoms with Gasteiger partial charge in [-0.25, -0.2) is 0 Å². The fraction of sp³-hybridized carbons (Fsp3) is 0.0500. The Kier molecular flexibility index (Phi) is 3.26. The summed E-state index contributed by atoms with van der Waals surface area (Å²) in [6.07, 6.45) is 0. The zero-order valence-electron chi connectivity index (χ0n) is 13.3. The molecule has 0 atom stereocenters. The van der Waals surface area contributed by atoms with Gasteiger partial charge in [0.05, 0.1) is 10.8 Å². The summed E-state index contributed by atoms with van der Waals surface area (Å²) in [6, 6.07) is 15.8. The minimum absolute atomic E-state index is 0.0423. The van der Waals surface area contributed by atoms with E-state index >= 15 is 0 Å². The van der Waals surface area contributed by atoms with Crippen LogP contribution in [-0.2, 0) is 0 Å². The number of aromatic amines is 1. The number of benzene rings is 2. The predicted octanol–water partition coefficient (Wildman–Crippen LogP) is 3.48. The van der Waals surface area contributed by atoms with Gasteiger partial charge < -0.3 is 9.40 Å². The molecule has 25 heavy (non-hydrogen) atoms. The number of rotatable bonds is 1. The first-order valence-corrected chi connectivity index (χ1v) is 7.68. The fourth-order valence-corrected chi connectivity index (χ4v) is 2.97. The maximum Gasteiger partial charge on any atom is 0.266 e. The quantitative estimate of drug-likeness (QED) is 0.542. The predicted molar refractivity (Wildman–Crippen MR) is 95.5 cm³/mol. The van der Waals surface area contributed by atoms with E-state index in [0.717, 1.165) is 5.56 Å². The highest BCUT2D eigenvalue weighted by Crippen LogP contribution is 2.27. The van der Waals surface area contributed by atoms with Gasteiger partial charge in [0.2, 0.25) is 5.43 Å². The highest BCUT2D eigenvalue weighted by Gasteiger charge is 2.11. The Morgan fingerprint density at radius 3 is 2.56 bits per heavy atom. The fourth-order valence-electron chi connectivity index (χ4n) is 2.97. The molecule has 5 heteroatoms. The van der Waals surface area contributed by atoms with Crippen LogP contribution in [0.3, 0.4) is 0 Å². The first-order valence-electron chi connectivity index (χ1n) is 7.68. The summed E-state index contributed by atoms with van der Waals surface area (Å²) in [7, 11) is 0. The van der Waals surface area contributed by atoms with Crippen molar-refractivity contribution >= 4 is 21.9 Å². The van der Waals surface area contributed by atoms with E-state index in [1.165, 1.54) is 0 Å². The van der Waals surface area contributed by atoms with Gasteiger partial charge >= 0.3 is 0 Å². The number of nitrogens with one attached hydrogen (secondary N) is 1. The van der Waals surface area contributed by atoms with E-state index in [1.807, 2.05) is 12.1 Å². The summed E-state index contributed by atoms with van der Waals surface area (Å²) in [4.78, 5) is 27.0. The van der Waals surface area contributed by atoms with Gasteiger partial charge in [0, 0.05) is 11.3 Å². The molecule has 0 aliphatic carbocycles. The molecular formula is C20H12N2O3. The second-order valence-corrected chi connectivity index (χ2v) is 5.80. The number of hydrogen-bond donors (Lipinski definition) is 1. The summed E-state index contributed by atoms with van der Waals surface area (Å²) in [5.41, 5.74) is 2.65. The number of aromatic nitrogens is 1. The number of nitriles is 1. The van der Waals surface area contributed by atoms with Crippen molar-refractivity contribution in [2.24, 2.45) is 0 Å². The van der Waals surface area contributed by atoms with Crippen LogP contribution >= 0.6 is 0 Å². The summed E-state index contributed by atoms with van der Waals surface area (Å²) in [6.45, 7) is 1.76. The molecule has 4 aromatic rings. The Labute approximate surface area is 141 Å². The SMILES string of the molecule is Cc1[nH]c(=O)c(C#N)cc1-c1ccc2c(=O)c3ccccc3oc2c1. The highest BCUT2D eigenvalue weighted by atomic mass is 16.3. The van der Waals surface area contributed by atoms with Crippen LogP contribution in [0.4, 0.5) is 0 Å². The van der Waals surface area contributed by atoms with E-state index in [2.05, 4.69) is 4.98 Å². The third kappa shape index (κ3) is 2.32. The molecule has 2 heterocycles. The minimum Gasteiger partial charge on any atom is -0.456 e. The largest absolute Gasteiger partial charge is 0.456 e. The van der Waals surface area contributed by atoms with Gasteiger partial charge in [-0.15, -0.1) is 0 Å². The Morgan fingerprint density at radius 2 is 1.76 bits per heavy atom. The molecule has 1 N–H and O–H groups in total. The van der Waals surface area contributed by atoms with Crippen molar-refractivity contribution in [1.29, 1.82) is 5.26 Å². The van der Waals surface area contributed by atoms with Gasteiger partial charge in [0.25, 0.3) is 5.56 Å². The van der Waals surface area contributed by atoms with Gasteiger partial charge in [-0.1, -0.05) is 18.2 Å². The monoisotopic (exact) mass is 328 g/mol. The molecule has 0 saturated carbocycles. The zero-order valence-corrected chi connectivity index (χ0v) is 13.3. The van der Waals surface area contributed by atoms with Crippen LogP contribution in [-0.4, -0.2) is 4.98 Å². The number of nitrogens with zero attached hydrogens (tertiary/aromatic N) is 1. The molecule has 4 rings (SSSR count). The van der Waals surface area contributed by atoms with Gasteiger partial charge in [-0.2, -0.15) is 5.26 Å². The summed E-state index contributed by atoms with van der Waals surface area (Å²) >= 11 is 0. The molecule has 0 bridgehead atoms. The van der Waals surface area contributed by atoms with Crippen molar-refractivity contribution in [3.05, 3.63) is 80.4 Å². The summed E-state index contributed by atoms with van der Waals surface area (Å²) < 4.78 is 5.87. The van der Waals surface area contributed by atoms with E-state index in [-0.39, 0.29) is 11.0 Å². The second-order valence-electron chi connectivity index (χ2n) is 5.80. The molecule has 5 nitrogen and oxygen atoms in total. The molecule has 120 valence electrons. The maximum absolute atomic E-state index is 12.6. The summed E-state index contributed by atoms with van der Waals surface area (Å²) in [5.74, 6) is 0. The number of pyridine rings is 1. The van der Waals surface area contributed by atoms with Crippen molar-refractivity contribution in [1.82, 2.24) is 4.98 Å². The van der Waals surface area contributed by atoms with Crippen molar-refractivity contribution < 1.29 is 4.42 Å². The number of H-pyrrole nitrogens is 1. The second kappa shape index (κ2) is 5.46. The van der Waals surface area contributed by atoms with Gasteiger partial charge in [0.15, 0.2) is 0 Å². The van der Waals surface area contributed by atoms with Crippen LogP contribution in [0.1, 0.15) is 11.3 Å². The van der Waals surface area contributed by atoms with Crippen molar-refractivity contribution in [3.8, 4) is 17.2 Å². The van der Waals surface area contributed by atoms with E-state index in [4.69, 9.17) is 9.68 Å². The van der Waals surface area contributed by atoms with Crippen LogP contribution in [0.5, 0.6) is 0 Å². The van der Waals surface area contributed by atoms with Gasteiger partial charge in [0.1, 0.15) is 22.8 Å². The van der Waals surface area contributed by atoms with Crippen molar-refractivity contribution in [2.45, 2.75) is 6.92 Å². The van der Waals surface area contributed by atoms with E-state index in [1.54, 1.807) is 49.4 Å². The number of fused-ring (bicyclic) bond motifs is 2. The molecule has 0 unspecified atom stereocenters. The molecule has 0 aliphatic heterocycles. The highest BCUT2D eigenvalue weighted by molar-refractivity contribution is 5.91. The first-order chi connectivity index (χ1) is 12.1. The lowest BCUT2D eigenvalue weighted by molar-refractivity contribution is 0.660. The van der Waals surface area contributed by atoms with Crippen LogP contribution in [0.15, 0.2) is 62.5 Å². The molecule has 0 saturated heterocycles. The standard InChI is InChI=1S/C20H12N2O3/c1-11-16(8-13(10-21)20(24)22-11)12-6-7-15-18(9-12)25-17-5-3-2-4-14(17)19(15)23/h2-9H,1H3,(H,22,24). The average molecular weight is 328 g/mol. The molecule has 0 fully saturated rings. The topological polar surface area (TPSA) is 86.9 Å². The molecule has 0 amide bonds. The Morgan fingerprint density at radius 1 is 1.00 bits per heavy atom. The van der Waals surface area contributed by atoms with Crippen LogP contribution in [0.2, 0.25) is 0 Å². The number of hydrogen-bond acceptors (Lipinski definition) is 4. The van der Waals surface area contributed by atoms with Crippen LogP contribution < -0.4 is 11.0 Å². The Hall–Kier alpha value is -3.65. The molecular weight excluding hydrogens is 316 g/mol.